The molecule has 0 bridgehead atoms. The zero-order chi connectivity index (χ0) is 9.90. The van der Waals surface area contributed by atoms with Gasteiger partial charge in [-0.05, 0) is 19.9 Å². The molecule has 3 nitrogen and oxygen atoms in total. The highest BCUT2D eigenvalue weighted by Gasteiger charge is 2.27. The van der Waals surface area contributed by atoms with E-state index >= 15 is 0 Å². The zero-order valence-electron chi connectivity index (χ0n) is 8.49. The van der Waals surface area contributed by atoms with Crippen molar-refractivity contribution in [1.29, 1.82) is 0 Å². The Morgan fingerprint density at radius 3 is 2.69 bits per heavy atom. The topological polar surface area (TPSA) is 37.4 Å². The maximum absolute atomic E-state index is 11.3. The molecule has 0 spiro atoms. The maximum Gasteiger partial charge on any atom is 0.153 e. The lowest BCUT2D eigenvalue weighted by molar-refractivity contribution is 0.223. The van der Waals surface area contributed by atoms with Crippen molar-refractivity contribution in [3.05, 3.63) is 0 Å². The molecule has 1 heterocycles. The van der Waals surface area contributed by atoms with Gasteiger partial charge in [0.05, 0.1) is 11.5 Å². The summed E-state index contributed by atoms with van der Waals surface area (Å²) in [4.78, 5) is 2.28. The van der Waals surface area contributed by atoms with E-state index in [-0.39, 0.29) is 6.04 Å². The number of hydrogen-bond donors (Lipinski definition) is 0. The lowest BCUT2D eigenvalue weighted by Gasteiger charge is -2.32. The molecule has 4 heteroatoms. The highest BCUT2D eigenvalue weighted by atomic mass is 32.2. The Balaban J connectivity index is 2.44. The summed E-state index contributed by atoms with van der Waals surface area (Å²) in [5, 5.41) is 0. The second-order valence-corrected chi connectivity index (χ2v) is 6.08. The van der Waals surface area contributed by atoms with Crippen LogP contribution in [0.3, 0.4) is 0 Å². The van der Waals surface area contributed by atoms with E-state index in [2.05, 4.69) is 11.8 Å². The first-order valence-corrected chi connectivity index (χ1v) is 6.82. The van der Waals surface area contributed by atoms with Crippen LogP contribution in [0.2, 0.25) is 0 Å². The predicted octanol–water partition coefficient (Wildman–Crippen LogP) is 0.905. The fourth-order valence-electron chi connectivity index (χ4n) is 1.73. The van der Waals surface area contributed by atoms with Gasteiger partial charge in [0.2, 0.25) is 0 Å². The van der Waals surface area contributed by atoms with Crippen LogP contribution in [0.25, 0.3) is 0 Å². The van der Waals surface area contributed by atoms with Crippen LogP contribution < -0.4 is 0 Å². The Hall–Kier alpha value is -0.0900. The predicted molar refractivity (Wildman–Crippen MR) is 54.6 cm³/mol. The van der Waals surface area contributed by atoms with E-state index in [9.17, 15) is 8.42 Å². The molecule has 13 heavy (non-hydrogen) atoms. The number of nitrogens with zero attached hydrogens (tertiary/aromatic N) is 1. The second kappa shape index (κ2) is 4.42. The molecule has 78 valence electrons. The quantitative estimate of drug-likeness (QED) is 0.687. The molecule has 1 aliphatic rings. The molecule has 1 aliphatic heterocycles. The van der Waals surface area contributed by atoms with Crippen LogP contribution in [0.15, 0.2) is 0 Å². The van der Waals surface area contributed by atoms with E-state index in [0.717, 1.165) is 13.1 Å². The van der Waals surface area contributed by atoms with Crippen molar-refractivity contribution in [3.63, 3.8) is 0 Å². The van der Waals surface area contributed by atoms with E-state index in [4.69, 9.17) is 0 Å². The summed E-state index contributed by atoms with van der Waals surface area (Å²) >= 11 is 0. The summed E-state index contributed by atoms with van der Waals surface area (Å²) in [6.07, 6.45) is 2.35. The molecule has 1 atom stereocenters. The molecule has 0 aromatic rings. The van der Waals surface area contributed by atoms with E-state index in [1.54, 1.807) is 0 Å². The summed E-state index contributed by atoms with van der Waals surface area (Å²) in [5.41, 5.74) is 0. The van der Waals surface area contributed by atoms with Crippen molar-refractivity contribution in [2.45, 2.75) is 32.7 Å². The minimum absolute atomic E-state index is 0.213. The number of rotatable bonds is 3. The van der Waals surface area contributed by atoms with Crippen LogP contribution in [-0.2, 0) is 9.84 Å². The van der Waals surface area contributed by atoms with Gasteiger partial charge in [-0.15, -0.1) is 0 Å². The molecule has 1 fully saturated rings. The summed E-state index contributed by atoms with van der Waals surface area (Å²) < 4.78 is 22.5. The summed E-state index contributed by atoms with van der Waals surface area (Å²) in [5.74, 6) is 0.692. The third-order valence-electron chi connectivity index (χ3n) is 2.61. The fraction of sp³-hybridized carbons (Fsp3) is 1.00. The van der Waals surface area contributed by atoms with Gasteiger partial charge in [-0.3, -0.25) is 4.90 Å². The van der Waals surface area contributed by atoms with E-state index < -0.39 is 9.84 Å². The van der Waals surface area contributed by atoms with Crippen LogP contribution in [-0.4, -0.2) is 44.0 Å². The zero-order valence-corrected chi connectivity index (χ0v) is 9.31. The standard InChI is InChI=1S/C9H19NO2S/c1-3-4-5-10-6-7-13(11,12)8-9(10)2/h9H,3-8H2,1-2H3. The normalized spacial score (nSPS) is 28.9. The molecule has 0 aromatic carbocycles. The molecule has 0 amide bonds. The average Bonchev–Trinajstić information content (AvgIpc) is 2.02. The van der Waals surface area contributed by atoms with Gasteiger partial charge in [-0.25, -0.2) is 8.42 Å². The largest absolute Gasteiger partial charge is 0.299 e. The Kier molecular flexibility index (Phi) is 3.74. The smallest absolute Gasteiger partial charge is 0.153 e. The summed E-state index contributed by atoms with van der Waals surface area (Å²) in [7, 11) is -2.73. The first-order valence-electron chi connectivity index (χ1n) is 4.99. The van der Waals surface area contributed by atoms with Gasteiger partial charge in [0.15, 0.2) is 9.84 Å². The molecule has 0 N–H and O–H groups in total. The molecule has 0 saturated carbocycles. The van der Waals surface area contributed by atoms with E-state index in [0.29, 0.717) is 11.5 Å². The number of hydrogen-bond acceptors (Lipinski definition) is 3. The molecular weight excluding hydrogens is 186 g/mol. The molecule has 0 aliphatic carbocycles. The van der Waals surface area contributed by atoms with Gasteiger partial charge in [-0.1, -0.05) is 13.3 Å². The third-order valence-corrected chi connectivity index (χ3v) is 4.40. The molecule has 0 aromatic heterocycles. The van der Waals surface area contributed by atoms with Crippen molar-refractivity contribution < 1.29 is 8.42 Å². The second-order valence-electron chi connectivity index (χ2n) is 3.85. The maximum atomic E-state index is 11.3. The Bertz CT molecular complexity index is 248. The van der Waals surface area contributed by atoms with Crippen LogP contribution in [0.4, 0.5) is 0 Å². The highest BCUT2D eigenvalue weighted by Crippen LogP contribution is 2.11. The lowest BCUT2D eigenvalue weighted by atomic mass is 10.2. The minimum Gasteiger partial charge on any atom is -0.299 e. The Morgan fingerprint density at radius 1 is 1.46 bits per heavy atom. The average molecular weight is 205 g/mol. The van der Waals surface area contributed by atoms with Crippen molar-refractivity contribution in [1.82, 2.24) is 4.90 Å². The van der Waals surface area contributed by atoms with Gasteiger partial charge in [-0.2, -0.15) is 0 Å². The van der Waals surface area contributed by atoms with Gasteiger partial charge >= 0.3 is 0 Å². The number of sulfone groups is 1. The van der Waals surface area contributed by atoms with Crippen LogP contribution in [0, 0.1) is 0 Å². The van der Waals surface area contributed by atoms with Gasteiger partial charge in [0.1, 0.15) is 0 Å². The summed E-state index contributed by atoms with van der Waals surface area (Å²) in [6, 6.07) is 0.213. The highest BCUT2D eigenvalue weighted by molar-refractivity contribution is 7.91. The van der Waals surface area contributed by atoms with Crippen molar-refractivity contribution in [2.75, 3.05) is 24.6 Å². The monoisotopic (exact) mass is 205 g/mol. The SMILES string of the molecule is CCCCN1CCS(=O)(=O)CC1C. The molecule has 1 rings (SSSR count). The summed E-state index contributed by atoms with van der Waals surface area (Å²) in [6.45, 7) is 5.94. The van der Waals surface area contributed by atoms with Crippen LogP contribution in [0.1, 0.15) is 26.7 Å². The molecule has 1 unspecified atom stereocenters. The minimum atomic E-state index is -2.73. The third kappa shape index (κ3) is 3.27. The van der Waals surface area contributed by atoms with Gasteiger partial charge in [0.25, 0.3) is 0 Å². The van der Waals surface area contributed by atoms with Crippen LogP contribution >= 0.6 is 0 Å². The first kappa shape index (κ1) is 11.0. The molecule has 1 saturated heterocycles. The Morgan fingerprint density at radius 2 is 2.15 bits per heavy atom. The first-order chi connectivity index (χ1) is 6.05. The van der Waals surface area contributed by atoms with Crippen LogP contribution in [0.5, 0.6) is 0 Å². The van der Waals surface area contributed by atoms with Crippen molar-refractivity contribution in [3.8, 4) is 0 Å². The molecular formula is C9H19NO2S. The van der Waals surface area contributed by atoms with Gasteiger partial charge in [0, 0.05) is 12.6 Å². The van der Waals surface area contributed by atoms with E-state index in [1.165, 1.54) is 12.8 Å². The van der Waals surface area contributed by atoms with Crippen molar-refractivity contribution >= 4 is 9.84 Å². The van der Waals surface area contributed by atoms with Crippen molar-refractivity contribution in [2.24, 2.45) is 0 Å². The van der Waals surface area contributed by atoms with E-state index in [1.807, 2.05) is 6.92 Å². The fourth-order valence-corrected chi connectivity index (χ4v) is 3.35. The Labute approximate surface area is 81.0 Å². The van der Waals surface area contributed by atoms with Gasteiger partial charge < -0.3 is 0 Å². The lowest BCUT2D eigenvalue weighted by Crippen LogP contribution is -2.47. The molecule has 0 radical (unpaired) electrons. The number of unbranched alkanes of at least 4 members (excludes halogenated alkanes) is 1.